The van der Waals surface area contributed by atoms with Crippen LogP contribution in [-0.2, 0) is 0 Å². The molecule has 30 valence electrons. The summed E-state index contributed by atoms with van der Waals surface area (Å²) >= 11 is 0. The molecule has 0 rings (SSSR count). The molecule has 0 aliphatic rings. The summed E-state index contributed by atoms with van der Waals surface area (Å²) in [5.41, 5.74) is 0. The Hall–Kier alpha value is 1.17. The van der Waals surface area contributed by atoms with Gasteiger partial charge >= 0.3 is 51.4 Å². The predicted octanol–water partition coefficient (Wildman–Crippen LogP) is -1.50. The van der Waals surface area contributed by atoms with E-state index >= 15 is 0 Å². The van der Waals surface area contributed by atoms with Crippen molar-refractivity contribution in [1.82, 2.24) is 0 Å². The van der Waals surface area contributed by atoms with E-state index in [2.05, 4.69) is 0 Å². The van der Waals surface area contributed by atoms with E-state index in [1.807, 2.05) is 0 Å². The van der Waals surface area contributed by atoms with Crippen LogP contribution in [0.2, 0.25) is 0 Å². The van der Waals surface area contributed by atoms with E-state index < -0.39 is 6.08 Å². The maximum Gasteiger partial charge on any atom is 1.00 e. The molecule has 0 aromatic carbocycles. The van der Waals surface area contributed by atoms with Crippen LogP contribution in [0.25, 0.3) is 0 Å². The summed E-state index contributed by atoms with van der Waals surface area (Å²) in [6.45, 7) is 0. The third-order valence-electron chi connectivity index (χ3n) is 0.0714. The van der Waals surface area contributed by atoms with Crippen molar-refractivity contribution >= 4 is 0 Å². The summed E-state index contributed by atoms with van der Waals surface area (Å²) in [5, 5.41) is 0. The van der Waals surface area contributed by atoms with E-state index in [-0.39, 0.29) is 57.7 Å². The van der Waals surface area contributed by atoms with Crippen LogP contribution >= 0.6 is 0 Å². The molecular weight excluding hydrogens is 120 g/mol. The molecule has 0 atom stereocenters. The molecule has 0 fully saturated rings. The number of rotatable bonds is 0. The van der Waals surface area contributed by atoms with Gasteiger partial charge in [0.25, 0.3) is 0 Å². The Labute approximate surface area is 75.8 Å². The third-order valence-corrected chi connectivity index (χ3v) is 0.0714. The van der Waals surface area contributed by atoms with Gasteiger partial charge in [-0.2, -0.15) is 0 Å². The van der Waals surface area contributed by atoms with Crippen molar-refractivity contribution in [1.29, 1.82) is 0 Å². The fraction of sp³-hybridized carbons (Fsp3) is 0. The fourth-order valence-corrected chi connectivity index (χ4v) is 0. The van der Waals surface area contributed by atoms with E-state index in [1.54, 1.807) is 0 Å². The van der Waals surface area contributed by atoms with Gasteiger partial charge in [-0.3, -0.25) is 0 Å². The number of halogens is 3. The molecular formula is C2F3K. The summed E-state index contributed by atoms with van der Waals surface area (Å²) in [6.07, 6.45) is -2.30. The predicted molar refractivity (Wildman–Crippen MR) is 10.1 cm³/mol. The topological polar surface area (TPSA) is 0 Å². The van der Waals surface area contributed by atoms with Gasteiger partial charge < -0.3 is 4.39 Å². The summed E-state index contributed by atoms with van der Waals surface area (Å²) in [4.78, 5) is 0. The molecule has 0 spiro atoms. The first kappa shape index (κ1) is 10.2. The van der Waals surface area contributed by atoms with E-state index in [4.69, 9.17) is 0 Å². The smallest absolute Gasteiger partial charge is 0.453 e. The maximum atomic E-state index is 10.2. The molecule has 0 aromatic rings. The van der Waals surface area contributed by atoms with Crippen LogP contribution in [-0.4, -0.2) is 0 Å². The van der Waals surface area contributed by atoms with E-state index in [0.29, 0.717) is 0 Å². The van der Waals surface area contributed by atoms with Crippen LogP contribution in [0.15, 0.2) is 6.08 Å². The Kier molecular flexibility index (Phi) is 10.5. The molecule has 0 radical (unpaired) electrons. The third kappa shape index (κ3) is 8.94. The normalized spacial score (nSPS) is 5.83. The van der Waals surface area contributed by atoms with Crippen molar-refractivity contribution in [3.05, 3.63) is 12.4 Å². The van der Waals surface area contributed by atoms with Gasteiger partial charge in [0.2, 0.25) is 0 Å². The first-order chi connectivity index (χ1) is 2.27. The second-order valence-electron chi connectivity index (χ2n) is 0.355. The Morgan fingerprint density at radius 3 is 1.50 bits per heavy atom. The fourth-order valence-electron chi connectivity index (χ4n) is 0. The monoisotopic (exact) mass is 120 g/mol. The molecule has 0 N–H and O–H groups in total. The SMILES string of the molecule is F[C-]=C(F)F.[K+]. The molecule has 0 aliphatic heterocycles. The molecule has 0 aliphatic carbocycles. The van der Waals surface area contributed by atoms with E-state index in [0.717, 1.165) is 0 Å². The minimum atomic E-state index is -2.41. The first-order valence-electron chi connectivity index (χ1n) is 0.817. The molecule has 4 heteroatoms. The van der Waals surface area contributed by atoms with Gasteiger partial charge in [0, 0.05) is 0 Å². The number of hydrogen-bond acceptors (Lipinski definition) is 0. The van der Waals surface area contributed by atoms with Crippen molar-refractivity contribution in [3.63, 3.8) is 0 Å². The Morgan fingerprint density at radius 1 is 1.33 bits per heavy atom. The van der Waals surface area contributed by atoms with Crippen molar-refractivity contribution in [3.8, 4) is 0 Å². The molecule has 0 heterocycles. The van der Waals surface area contributed by atoms with Crippen LogP contribution in [0.1, 0.15) is 0 Å². The van der Waals surface area contributed by atoms with Crippen LogP contribution in [0.3, 0.4) is 0 Å². The van der Waals surface area contributed by atoms with Crippen LogP contribution < -0.4 is 51.4 Å². The second kappa shape index (κ2) is 6.17. The molecule has 0 nitrogen and oxygen atoms in total. The molecule has 0 amide bonds. The Morgan fingerprint density at radius 2 is 1.50 bits per heavy atom. The Balaban J connectivity index is 0. The van der Waals surface area contributed by atoms with E-state index in [1.165, 1.54) is 0 Å². The van der Waals surface area contributed by atoms with Gasteiger partial charge in [-0.05, 0) is 0 Å². The van der Waals surface area contributed by atoms with Crippen LogP contribution in [0.4, 0.5) is 13.2 Å². The van der Waals surface area contributed by atoms with Gasteiger partial charge in [-0.25, -0.2) is 15.1 Å². The molecule has 0 aromatic heterocycles. The molecule has 0 unspecified atom stereocenters. The van der Waals surface area contributed by atoms with Gasteiger partial charge in [0.15, 0.2) is 0 Å². The molecule has 0 saturated heterocycles. The second-order valence-corrected chi connectivity index (χ2v) is 0.355. The summed E-state index contributed by atoms with van der Waals surface area (Å²) < 4.78 is 30.5. The van der Waals surface area contributed by atoms with Crippen molar-refractivity contribution in [2.24, 2.45) is 0 Å². The zero-order valence-electron chi connectivity index (χ0n) is 3.13. The zero-order valence-corrected chi connectivity index (χ0v) is 6.26. The average molecular weight is 120 g/mol. The molecule has 0 saturated carbocycles. The summed E-state index contributed by atoms with van der Waals surface area (Å²) in [7, 11) is 0. The van der Waals surface area contributed by atoms with Gasteiger partial charge in [-0.1, -0.05) is 0 Å². The molecule has 6 heavy (non-hydrogen) atoms. The first-order valence-corrected chi connectivity index (χ1v) is 0.817. The largest absolute Gasteiger partial charge is 1.00 e. The van der Waals surface area contributed by atoms with Crippen molar-refractivity contribution in [2.75, 3.05) is 0 Å². The zero-order chi connectivity index (χ0) is 4.28. The Bertz CT molecular complexity index is 46.8. The van der Waals surface area contributed by atoms with E-state index in [9.17, 15) is 13.2 Å². The quantitative estimate of drug-likeness (QED) is 0.269. The van der Waals surface area contributed by atoms with Gasteiger partial charge in [0.1, 0.15) is 6.08 Å². The van der Waals surface area contributed by atoms with Crippen LogP contribution in [0, 0.1) is 6.33 Å². The summed E-state index contributed by atoms with van der Waals surface area (Å²) in [6, 6.07) is 0. The summed E-state index contributed by atoms with van der Waals surface area (Å²) in [5.74, 6) is 0. The van der Waals surface area contributed by atoms with Gasteiger partial charge in [-0.15, -0.1) is 0 Å². The van der Waals surface area contributed by atoms with Crippen molar-refractivity contribution in [2.45, 2.75) is 0 Å². The van der Waals surface area contributed by atoms with Crippen LogP contribution in [0.5, 0.6) is 0 Å². The minimum Gasteiger partial charge on any atom is -0.453 e. The standard InChI is InChI=1S/C2F3.K/c3-1-2(4)5;/q-1;+1. The molecule has 0 bridgehead atoms. The maximum absolute atomic E-state index is 10.2. The van der Waals surface area contributed by atoms with Crippen molar-refractivity contribution < 1.29 is 64.6 Å². The van der Waals surface area contributed by atoms with Gasteiger partial charge in [0.05, 0.1) is 0 Å². The average Bonchev–Trinajstić information content (AvgIpc) is 1.38. The number of hydrogen-bond donors (Lipinski definition) is 0. The minimum absolute atomic E-state index is 0.